The highest BCUT2D eigenvalue weighted by Gasteiger charge is 2.23. The Bertz CT molecular complexity index is 337. The molecule has 1 aliphatic heterocycles. The van der Waals surface area contributed by atoms with Crippen LogP contribution in [0, 0.1) is 0 Å². The number of nitrogens with zero attached hydrogens (tertiary/aromatic N) is 1. The predicted octanol–water partition coefficient (Wildman–Crippen LogP) is 1.92. The standard InChI is InChI=1S/C14H21NO2/c16-10-2-4-13-3-1-9-15(13)14-7-5-12(11-17)6-8-14/h5-8,13,16-17H,1-4,9-11H2. The van der Waals surface area contributed by atoms with Gasteiger partial charge in [0.2, 0.25) is 0 Å². The first-order valence-corrected chi connectivity index (χ1v) is 6.42. The predicted molar refractivity (Wildman–Crippen MR) is 69.1 cm³/mol. The van der Waals surface area contributed by atoms with E-state index in [-0.39, 0.29) is 13.2 Å². The number of benzene rings is 1. The van der Waals surface area contributed by atoms with Crippen LogP contribution >= 0.6 is 0 Å². The van der Waals surface area contributed by atoms with Crippen LogP contribution in [0.3, 0.4) is 0 Å². The number of aliphatic hydroxyl groups is 2. The Morgan fingerprint density at radius 2 is 1.94 bits per heavy atom. The van der Waals surface area contributed by atoms with E-state index in [9.17, 15) is 0 Å². The molecule has 1 saturated heterocycles. The number of aliphatic hydroxyl groups excluding tert-OH is 2. The van der Waals surface area contributed by atoms with Crippen molar-refractivity contribution >= 4 is 5.69 Å². The van der Waals surface area contributed by atoms with Crippen LogP contribution in [0.1, 0.15) is 31.2 Å². The van der Waals surface area contributed by atoms with Gasteiger partial charge in [0.1, 0.15) is 0 Å². The molecule has 0 amide bonds. The first-order valence-electron chi connectivity index (χ1n) is 6.42. The summed E-state index contributed by atoms with van der Waals surface area (Å²) in [6, 6.07) is 8.71. The van der Waals surface area contributed by atoms with Gasteiger partial charge in [-0.15, -0.1) is 0 Å². The molecule has 2 rings (SSSR count). The summed E-state index contributed by atoms with van der Waals surface area (Å²) in [6.07, 6.45) is 4.41. The summed E-state index contributed by atoms with van der Waals surface area (Å²) in [4.78, 5) is 2.43. The lowest BCUT2D eigenvalue weighted by Gasteiger charge is -2.27. The minimum Gasteiger partial charge on any atom is -0.396 e. The summed E-state index contributed by atoms with van der Waals surface area (Å²) in [7, 11) is 0. The summed E-state index contributed by atoms with van der Waals surface area (Å²) < 4.78 is 0. The molecule has 0 spiro atoms. The molecule has 2 N–H and O–H groups in total. The van der Waals surface area contributed by atoms with Crippen LogP contribution in [0.25, 0.3) is 0 Å². The molecule has 0 aromatic heterocycles. The van der Waals surface area contributed by atoms with Gasteiger partial charge in [-0.25, -0.2) is 0 Å². The summed E-state index contributed by atoms with van der Waals surface area (Å²) >= 11 is 0. The summed E-state index contributed by atoms with van der Waals surface area (Å²) in [5.41, 5.74) is 2.20. The molecule has 1 aromatic carbocycles. The Morgan fingerprint density at radius 3 is 2.59 bits per heavy atom. The van der Waals surface area contributed by atoms with Gasteiger partial charge in [0.25, 0.3) is 0 Å². The molecule has 1 aromatic rings. The molecule has 1 aliphatic rings. The Balaban J connectivity index is 2.03. The molecule has 0 radical (unpaired) electrons. The maximum Gasteiger partial charge on any atom is 0.0681 e. The molecule has 3 heteroatoms. The van der Waals surface area contributed by atoms with Crippen LogP contribution in [0.5, 0.6) is 0 Å². The lowest BCUT2D eigenvalue weighted by atomic mass is 10.1. The molecular weight excluding hydrogens is 214 g/mol. The SMILES string of the molecule is OCCCC1CCCN1c1ccc(CO)cc1. The second kappa shape index (κ2) is 6.03. The maximum atomic E-state index is 9.02. The number of anilines is 1. The zero-order valence-electron chi connectivity index (χ0n) is 10.2. The molecule has 3 nitrogen and oxygen atoms in total. The molecule has 17 heavy (non-hydrogen) atoms. The smallest absolute Gasteiger partial charge is 0.0681 e. The van der Waals surface area contributed by atoms with Crippen molar-refractivity contribution in [3.63, 3.8) is 0 Å². The van der Waals surface area contributed by atoms with Crippen LogP contribution < -0.4 is 4.90 Å². The zero-order chi connectivity index (χ0) is 12.1. The fourth-order valence-corrected chi connectivity index (χ4v) is 2.60. The molecule has 94 valence electrons. The molecule has 0 bridgehead atoms. The molecule has 1 atom stereocenters. The lowest BCUT2D eigenvalue weighted by molar-refractivity contribution is 0.279. The summed E-state index contributed by atoms with van der Waals surface area (Å²) in [6.45, 7) is 1.50. The minimum absolute atomic E-state index is 0.105. The number of hydrogen-bond donors (Lipinski definition) is 2. The molecule has 1 heterocycles. The van der Waals surface area contributed by atoms with E-state index in [0.717, 1.165) is 24.9 Å². The highest BCUT2D eigenvalue weighted by atomic mass is 16.3. The fourth-order valence-electron chi connectivity index (χ4n) is 2.60. The van der Waals surface area contributed by atoms with Gasteiger partial charge in [-0.3, -0.25) is 0 Å². The summed E-state index contributed by atoms with van der Waals surface area (Å²) in [5.74, 6) is 0. The topological polar surface area (TPSA) is 43.7 Å². The molecule has 1 fully saturated rings. The van der Waals surface area contributed by atoms with E-state index in [1.807, 2.05) is 12.1 Å². The third kappa shape index (κ3) is 2.99. The van der Waals surface area contributed by atoms with E-state index in [1.165, 1.54) is 18.5 Å². The molecule has 1 unspecified atom stereocenters. The Labute approximate surface area is 103 Å². The first-order chi connectivity index (χ1) is 8.35. The van der Waals surface area contributed by atoms with E-state index >= 15 is 0 Å². The Hall–Kier alpha value is -1.06. The van der Waals surface area contributed by atoms with Crippen LogP contribution in [-0.4, -0.2) is 29.4 Å². The van der Waals surface area contributed by atoms with Gasteiger partial charge < -0.3 is 15.1 Å². The van der Waals surface area contributed by atoms with Crippen molar-refractivity contribution in [1.29, 1.82) is 0 Å². The normalized spacial score (nSPS) is 19.9. The van der Waals surface area contributed by atoms with Crippen molar-refractivity contribution in [2.24, 2.45) is 0 Å². The van der Waals surface area contributed by atoms with Crippen molar-refractivity contribution in [2.75, 3.05) is 18.1 Å². The zero-order valence-corrected chi connectivity index (χ0v) is 10.2. The van der Waals surface area contributed by atoms with E-state index in [2.05, 4.69) is 17.0 Å². The third-order valence-corrected chi connectivity index (χ3v) is 3.52. The van der Waals surface area contributed by atoms with Crippen LogP contribution in [0.4, 0.5) is 5.69 Å². The van der Waals surface area contributed by atoms with Crippen molar-refractivity contribution in [3.8, 4) is 0 Å². The fraction of sp³-hybridized carbons (Fsp3) is 0.571. The second-order valence-corrected chi connectivity index (χ2v) is 4.68. The third-order valence-electron chi connectivity index (χ3n) is 3.52. The van der Waals surface area contributed by atoms with Gasteiger partial charge >= 0.3 is 0 Å². The van der Waals surface area contributed by atoms with Gasteiger partial charge in [0, 0.05) is 24.9 Å². The van der Waals surface area contributed by atoms with E-state index < -0.39 is 0 Å². The highest BCUT2D eigenvalue weighted by molar-refractivity contribution is 5.49. The number of hydrogen-bond acceptors (Lipinski definition) is 3. The van der Waals surface area contributed by atoms with Crippen LogP contribution in [0.15, 0.2) is 24.3 Å². The average molecular weight is 235 g/mol. The van der Waals surface area contributed by atoms with E-state index in [0.29, 0.717) is 6.04 Å². The molecular formula is C14H21NO2. The van der Waals surface area contributed by atoms with Crippen molar-refractivity contribution in [2.45, 2.75) is 38.3 Å². The van der Waals surface area contributed by atoms with Gasteiger partial charge in [-0.1, -0.05) is 12.1 Å². The van der Waals surface area contributed by atoms with Gasteiger partial charge in [-0.05, 0) is 43.4 Å². The van der Waals surface area contributed by atoms with E-state index in [4.69, 9.17) is 10.2 Å². The monoisotopic (exact) mass is 235 g/mol. The van der Waals surface area contributed by atoms with Crippen molar-refractivity contribution < 1.29 is 10.2 Å². The number of rotatable bonds is 5. The van der Waals surface area contributed by atoms with Crippen molar-refractivity contribution in [3.05, 3.63) is 29.8 Å². The second-order valence-electron chi connectivity index (χ2n) is 4.68. The highest BCUT2D eigenvalue weighted by Crippen LogP contribution is 2.28. The largest absolute Gasteiger partial charge is 0.396 e. The van der Waals surface area contributed by atoms with Gasteiger partial charge in [0.05, 0.1) is 6.61 Å². The van der Waals surface area contributed by atoms with Crippen molar-refractivity contribution in [1.82, 2.24) is 0 Å². The average Bonchev–Trinajstić information content (AvgIpc) is 2.84. The summed E-state index contributed by atoms with van der Waals surface area (Å²) in [5, 5.41) is 17.9. The van der Waals surface area contributed by atoms with E-state index in [1.54, 1.807) is 0 Å². The molecule has 0 aliphatic carbocycles. The minimum atomic E-state index is 0.105. The molecule has 0 saturated carbocycles. The maximum absolute atomic E-state index is 9.02. The van der Waals surface area contributed by atoms with Crippen LogP contribution in [-0.2, 0) is 6.61 Å². The Kier molecular flexibility index (Phi) is 4.40. The van der Waals surface area contributed by atoms with Crippen LogP contribution in [0.2, 0.25) is 0 Å². The van der Waals surface area contributed by atoms with Gasteiger partial charge in [0.15, 0.2) is 0 Å². The van der Waals surface area contributed by atoms with Gasteiger partial charge in [-0.2, -0.15) is 0 Å². The Morgan fingerprint density at radius 1 is 1.18 bits per heavy atom. The lowest BCUT2D eigenvalue weighted by Crippen LogP contribution is -2.29. The first kappa shape index (κ1) is 12.4. The quantitative estimate of drug-likeness (QED) is 0.819.